The van der Waals surface area contributed by atoms with Gasteiger partial charge in [0.2, 0.25) is 0 Å². The Hall–Kier alpha value is -1.63. The summed E-state index contributed by atoms with van der Waals surface area (Å²) in [6, 6.07) is 13.7. The molecule has 108 valence electrons. The predicted octanol–water partition coefficient (Wildman–Crippen LogP) is 2.65. The van der Waals surface area contributed by atoms with Crippen LogP contribution in [0.4, 0.5) is 5.82 Å². The Morgan fingerprint density at radius 1 is 1.00 bits per heavy atom. The minimum Gasteiger partial charge on any atom is -0.353 e. The highest BCUT2D eigenvalue weighted by Gasteiger charge is 2.23. The largest absolute Gasteiger partial charge is 0.353 e. The summed E-state index contributed by atoms with van der Waals surface area (Å²) >= 11 is 2.22. The molecule has 2 aromatic rings. The minimum atomic E-state index is 0.126. The van der Waals surface area contributed by atoms with E-state index >= 15 is 0 Å². The molecule has 0 atom stereocenters. The normalized spacial score (nSPS) is 15.1. The highest BCUT2D eigenvalue weighted by atomic mass is 127. The highest BCUT2D eigenvalue weighted by Crippen LogP contribution is 2.17. The molecule has 2 heterocycles. The van der Waals surface area contributed by atoms with Crippen LogP contribution in [0.3, 0.4) is 0 Å². The zero-order chi connectivity index (χ0) is 14.7. The molecule has 1 saturated heterocycles. The number of anilines is 1. The molecule has 1 aromatic carbocycles. The summed E-state index contributed by atoms with van der Waals surface area (Å²) in [6.07, 6.45) is 1.80. The lowest BCUT2D eigenvalue weighted by Crippen LogP contribution is -2.49. The van der Waals surface area contributed by atoms with Crippen molar-refractivity contribution in [2.45, 2.75) is 0 Å². The average Bonchev–Trinajstić information content (AvgIpc) is 2.56. The Bertz CT molecular complexity index is 624. The maximum atomic E-state index is 12.6. The van der Waals surface area contributed by atoms with Crippen molar-refractivity contribution in [1.82, 2.24) is 9.88 Å². The predicted molar refractivity (Wildman–Crippen MR) is 91.5 cm³/mol. The van der Waals surface area contributed by atoms with Gasteiger partial charge in [0.25, 0.3) is 5.91 Å². The molecule has 1 amide bonds. The van der Waals surface area contributed by atoms with Gasteiger partial charge in [-0.2, -0.15) is 0 Å². The molecule has 5 heteroatoms. The standard InChI is InChI=1S/C16H16IN3O/c17-14-6-2-1-5-13(14)16(21)20-11-9-19(10-12-20)15-7-3-4-8-18-15/h1-8H,9-12H2. The molecule has 0 radical (unpaired) electrons. The van der Waals surface area contributed by atoms with Gasteiger partial charge in [-0.3, -0.25) is 4.79 Å². The molecule has 3 rings (SSSR count). The number of halogens is 1. The maximum absolute atomic E-state index is 12.6. The second-order valence-corrected chi connectivity index (χ2v) is 6.11. The fourth-order valence-corrected chi connectivity index (χ4v) is 3.10. The van der Waals surface area contributed by atoms with Crippen LogP contribution in [0.25, 0.3) is 0 Å². The van der Waals surface area contributed by atoms with Crippen LogP contribution < -0.4 is 4.90 Å². The van der Waals surface area contributed by atoms with E-state index in [2.05, 4.69) is 32.5 Å². The average molecular weight is 393 g/mol. The summed E-state index contributed by atoms with van der Waals surface area (Å²) in [4.78, 5) is 21.1. The number of aromatic nitrogens is 1. The summed E-state index contributed by atoms with van der Waals surface area (Å²) < 4.78 is 1.01. The SMILES string of the molecule is O=C(c1ccccc1I)N1CCN(c2ccccn2)CC1. The number of carbonyl (C=O) groups excluding carboxylic acids is 1. The fraction of sp³-hybridized carbons (Fsp3) is 0.250. The lowest BCUT2D eigenvalue weighted by Gasteiger charge is -2.35. The van der Waals surface area contributed by atoms with Crippen LogP contribution in [-0.2, 0) is 0 Å². The number of carbonyl (C=O) groups is 1. The van der Waals surface area contributed by atoms with Crippen molar-refractivity contribution in [3.05, 3.63) is 57.8 Å². The van der Waals surface area contributed by atoms with Gasteiger partial charge in [-0.15, -0.1) is 0 Å². The van der Waals surface area contributed by atoms with Gasteiger partial charge in [-0.05, 0) is 46.9 Å². The first-order valence-electron chi connectivity index (χ1n) is 6.95. The maximum Gasteiger partial charge on any atom is 0.255 e. The molecule has 1 aliphatic rings. The Kier molecular flexibility index (Phi) is 4.38. The lowest BCUT2D eigenvalue weighted by atomic mass is 10.2. The molecule has 0 unspecified atom stereocenters. The third kappa shape index (κ3) is 3.18. The fourth-order valence-electron chi connectivity index (χ4n) is 2.48. The van der Waals surface area contributed by atoms with Crippen LogP contribution in [0.5, 0.6) is 0 Å². The van der Waals surface area contributed by atoms with E-state index in [1.54, 1.807) is 6.20 Å². The van der Waals surface area contributed by atoms with Crippen molar-refractivity contribution in [3.63, 3.8) is 0 Å². The van der Waals surface area contributed by atoms with E-state index in [4.69, 9.17) is 0 Å². The zero-order valence-electron chi connectivity index (χ0n) is 11.6. The molecule has 1 aromatic heterocycles. The molecule has 4 nitrogen and oxygen atoms in total. The molecule has 0 spiro atoms. The van der Waals surface area contributed by atoms with E-state index in [0.29, 0.717) is 0 Å². The topological polar surface area (TPSA) is 36.4 Å². The van der Waals surface area contributed by atoms with Gasteiger partial charge in [0.1, 0.15) is 5.82 Å². The molecule has 1 fully saturated rings. The van der Waals surface area contributed by atoms with E-state index in [1.807, 2.05) is 47.4 Å². The smallest absolute Gasteiger partial charge is 0.255 e. The first kappa shape index (κ1) is 14.3. The first-order chi connectivity index (χ1) is 10.3. The van der Waals surface area contributed by atoms with Gasteiger partial charge in [-0.25, -0.2) is 4.98 Å². The number of benzene rings is 1. The van der Waals surface area contributed by atoms with Gasteiger partial charge >= 0.3 is 0 Å². The summed E-state index contributed by atoms with van der Waals surface area (Å²) in [5, 5.41) is 0. The molecule has 0 saturated carbocycles. The molecule has 0 aliphatic carbocycles. The van der Waals surface area contributed by atoms with Gasteiger partial charge < -0.3 is 9.80 Å². The monoisotopic (exact) mass is 393 g/mol. The highest BCUT2D eigenvalue weighted by molar-refractivity contribution is 14.1. The van der Waals surface area contributed by atoms with E-state index < -0.39 is 0 Å². The van der Waals surface area contributed by atoms with Crippen LogP contribution in [0.15, 0.2) is 48.7 Å². The molecule has 1 aliphatic heterocycles. The number of nitrogens with zero attached hydrogens (tertiary/aromatic N) is 3. The van der Waals surface area contributed by atoms with Crippen LogP contribution in [0.1, 0.15) is 10.4 Å². The van der Waals surface area contributed by atoms with E-state index in [9.17, 15) is 4.79 Å². The van der Waals surface area contributed by atoms with Gasteiger partial charge in [-0.1, -0.05) is 18.2 Å². The lowest BCUT2D eigenvalue weighted by molar-refractivity contribution is 0.0745. The van der Waals surface area contributed by atoms with Crippen LogP contribution >= 0.6 is 22.6 Å². The summed E-state index contributed by atoms with van der Waals surface area (Å²) in [5.74, 6) is 1.11. The molecule has 21 heavy (non-hydrogen) atoms. The van der Waals surface area contributed by atoms with E-state index in [0.717, 1.165) is 41.1 Å². The molecule has 0 N–H and O–H groups in total. The van der Waals surface area contributed by atoms with E-state index in [1.165, 1.54) is 0 Å². The van der Waals surface area contributed by atoms with Crippen molar-refractivity contribution in [3.8, 4) is 0 Å². The van der Waals surface area contributed by atoms with Crippen molar-refractivity contribution in [2.24, 2.45) is 0 Å². The van der Waals surface area contributed by atoms with Gasteiger partial charge in [0.15, 0.2) is 0 Å². The number of amides is 1. The summed E-state index contributed by atoms with van der Waals surface area (Å²) in [6.45, 7) is 3.12. The van der Waals surface area contributed by atoms with Gasteiger partial charge in [0, 0.05) is 35.9 Å². The number of pyridine rings is 1. The third-order valence-electron chi connectivity index (χ3n) is 3.64. The van der Waals surface area contributed by atoms with Crippen molar-refractivity contribution in [1.29, 1.82) is 0 Å². The molecule has 0 bridgehead atoms. The zero-order valence-corrected chi connectivity index (χ0v) is 13.7. The third-order valence-corrected chi connectivity index (χ3v) is 4.59. The summed E-state index contributed by atoms with van der Waals surface area (Å²) in [5.41, 5.74) is 0.796. The van der Waals surface area contributed by atoms with Crippen LogP contribution in [-0.4, -0.2) is 42.0 Å². The van der Waals surface area contributed by atoms with Crippen molar-refractivity contribution >= 4 is 34.3 Å². The minimum absolute atomic E-state index is 0.126. The van der Waals surface area contributed by atoms with Crippen LogP contribution in [0, 0.1) is 3.57 Å². The number of hydrogen-bond donors (Lipinski definition) is 0. The molecular formula is C16H16IN3O. The quantitative estimate of drug-likeness (QED) is 0.737. The Morgan fingerprint density at radius 2 is 1.71 bits per heavy atom. The Labute approximate surface area is 137 Å². The van der Waals surface area contributed by atoms with Crippen molar-refractivity contribution < 1.29 is 4.79 Å². The Morgan fingerprint density at radius 3 is 2.38 bits per heavy atom. The number of rotatable bonds is 2. The first-order valence-corrected chi connectivity index (χ1v) is 8.03. The van der Waals surface area contributed by atoms with Gasteiger partial charge in [0.05, 0.1) is 5.56 Å². The summed E-state index contributed by atoms with van der Waals surface area (Å²) in [7, 11) is 0. The van der Waals surface area contributed by atoms with Crippen molar-refractivity contribution in [2.75, 3.05) is 31.1 Å². The number of piperazine rings is 1. The Balaban J connectivity index is 1.66. The second-order valence-electron chi connectivity index (χ2n) is 4.95. The van der Waals surface area contributed by atoms with E-state index in [-0.39, 0.29) is 5.91 Å². The second kappa shape index (κ2) is 6.43. The van der Waals surface area contributed by atoms with Crippen LogP contribution in [0.2, 0.25) is 0 Å². The number of hydrogen-bond acceptors (Lipinski definition) is 3. The molecular weight excluding hydrogens is 377 g/mol.